The summed E-state index contributed by atoms with van der Waals surface area (Å²) in [6.07, 6.45) is 2.61. The molecular weight excluding hydrogens is 280 g/mol. The second-order valence-electron chi connectivity index (χ2n) is 5.96. The smallest absolute Gasteiger partial charge is 0.161 e. The third kappa shape index (κ3) is 3.37. The van der Waals surface area contributed by atoms with E-state index in [1.165, 1.54) is 25.9 Å². The van der Waals surface area contributed by atoms with E-state index >= 15 is 0 Å². The number of hydrogen-bond acceptors (Lipinski definition) is 5. The summed E-state index contributed by atoms with van der Waals surface area (Å²) in [5.41, 5.74) is 1.13. The van der Waals surface area contributed by atoms with Gasteiger partial charge in [-0.3, -0.25) is 0 Å². The van der Waals surface area contributed by atoms with Crippen molar-refractivity contribution in [1.82, 2.24) is 10.2 Å². The summed E-state index contributed by atoms with van der Waals surface area (Å²) in [6, 6.07) is 6.37. The largest absolute Gasteiger partial charge is 0.486 e. The molecule has 1 aromatic carbocycles. The van der Waals surface area contributed by atoms with E-state index in [0.717, 1.165) is 23.6 Å². The number of methoxy groups -OCH3 is 1. The summed E-state index contributed by atoms with van der Waals surface area (Å²) in [5, 5.41) is 3.42. The van der Waals surface area contributed by atoms with Crippen LogP contribution in [0.15, 0.2) is 18.2 Å². The Bertz CT molecular complexity index is 489. The van der Waals surface area contributed by atoms with Gasteiger partial charge in [0.2, 0.25) is 0 Å². The molecule has 1 aromatic rings. The molecule has 0 amide bonds. The Kier molecular flexibility index (Phi) is 5.18. The van der Waals surface area contributed by atoms with Crippen LogP contribution in [0.5, 0.6) is 11.5 Å². The highest BCUT2D eigenvalue weighted by atomic mass is 16.6. The molecule has 1 saturated heterocycles. The van der Waals surface area contributed by atoms with Crippen LogP contribution < -0.4 is 14.8 Å². The van der Waals surface area contributed by atoms with E-state index < -0.39 is 0 Å². The molecule has 0 aromatic heterocycles. The molecule has 0 saturated carbocycles. The molecule has 1 unspecified atom stereocenters. The summed E-state index contributed by atoms with van der Waals surface area (Å²) in [5.74, 6) is 1.65. The number of hydrogen-bond donors (Lipinski definition) is 1. The Balaban J connectivity index is 1.76. The first-order valence-electron chi connectivity index (χ1n) is 8.14. The zero-order valence-corrected chi connectivity index (χ0v) is 13.5. The van der Waals surface area contributed by atoms with Gasteiger partial charge in [-0.2, -0.15) is 0 Å². The minimum absolute atomic E-state index is 0.00132. The van der Waals surface area contributed by atoms with E-state index in [2.05, 4.69) is 22.3 Å². The van der Waals surface area contributed by atoms with Crippen molar-refractivity contribution in [2.75, 3.05) is 47.0 Å². The lowest BCUT2D eigenvalue weighted by Crippen LogP contribution is -2.43. The van der Waals surface area contributed by atoms with Gasteiger partial charge in [0.1, 0.15) is 13.2 Å². The van der Waals surface area contributed by atoms with Crippen LogP contribution in [0.2, 0.25) is 0 Å². The Morgan fingerprint density at radius 3 is 2.59 bits per heavy atom. The number of benzene rings is 1. The maximum atomic E-state index is 5.81. The summed E-state index contributed by atoms with van der Waals surface area (Å²) in [6.45, 7) is 4.61. The minimum atomic E-state index is 0.00132. The van der Waals surface area contributed by atoms with Gasteiger partial charge >= 0.3 is 0 Å². The Morgan fingerprint density at radius 2 is 1.91 bits per heavy atom. The van der Waals surface area contributed by atoms with Crippen LogP contribution in [0.1, 0.15) is 24.5 Å². The molecule has 1 N–H and O–H groups in total. The molecule has 2 aliphatic rings. The lowest BCUT2D eigenvalue weighted by atomic mass is 10.0. The molecule has 5 nitrogen and oxygen atoms in total. The molecule has 0 spiro atoms. The van der Waals surface area contributed by atoms with Crippen molar-refractivity contribution >= 4 is 0 Å². The van der Waals surface area contributed by atoms with Gasteiger partial charge < -0.3 is 24.4 Å². The molecule has 2 aliphatic heterocycles. The summed E-state index contributed by atoms with van der Waals surface area (Å²) in [4.78, 5) is 2.51. The van der Waals surface area contributed by atoms with E-state index in [1.807, 2.05) is 13.1 Å². The number of fused-ring (bicyclic) bond motifs is 1. The molecule has 22 heavy (non-hydrogen) atoms. The predicted octanol–water partition coefficient (Wildman–Crippen LogP) is 1.83. The monoisotopic (exact) mass is 306 g/mol. The summed E-state index contributed by atoms with van der Waals surface area (Å²) < 4.78 is 17.1. The van der Waals surface area contributed by atoms with Gasteiger partial charge in [-0.25, -0.2) is 0 Å². The predicted molar refractivity (Wildman–Crippen MR) is 85.7 cm³/mol. The van der Waals surface area contributed by atoms with Gasteiger partial charge in [0.25, 0.3) is 0 Å². The number of likely N-dealkylation sites (N-methyl/N-ethyl adjacent to an activating group) is 1. The Morgan fingerprint density at radius 1 is 1.18 bits per heavy atom. The average molecular weight is 306 g/mol. The fraction of sp³-hybridized carbons (Fsp3) is 0.647. The highest BCUT2D eigenvalue weighted by molar-refractivity contribution is 5.44. The molecular formula is C17H26N2O3. The average Bonchev–Trinajstić information content (AvgIpc) is 3.07. The normalized spacial score (nSPS) is 20.8. The van der Waals surface area contributed by atoms with Crippen molar-refractivity contribution in [3.63, 3.8) is 0 Å². The van der Waals surface area contributed by atoms with E-state index in [9.17, 15) is 0 Å². The molecule has 1 fully saturated rings. The second-order valence-corrected chi connectivity index (χ2v) is 5.96. The first-order valence-corrected chi connectivity index (χ1v) is 8.14. The second kappa shape index (κ2) is 7.31. The SMILES string of the molecule is CN[C@H](CN1CCCC1)C(OC)c1ccc2c(c1)OCCO2. The molecule has 0 aliphatic carbocycles. The van der Waals surface area contributed by atoms with E-state index in [0.29, 0.717) is 13.2 Å². The van der Waals surface area contributed by atoms with Crippen molar-refractivity contribution in [3.05, 3.63) is 23.8 Å². The third-order valence-electron chi connectivity index (χ3n) is 4.54. The molecule has 122 valence electrons. The standard InChI is InChI=1S/C17H26N2O3/c1-18-14(12-19-7-3-4-8-19)17(20-2)13-5-6-15-16(11-13)22-10-9-21-15/h5-6,11,14,17-18H,3-4,7-10,12H2,1-2H3/t14-,17?/m1/s1. The first kappa shape index (κ1) is 15.6. The Labute approximate surface area is 132 Å². The van der Waals surface area contributed by atoms with Crippen molar-refractivity contribution in [2.24, 2.45) is 0 Å². The number of likely N-dealkylation sites (tertiary alicyclic amines) is 1. The highest BCUT2D eigenvalue weighted by Gasteiger charge is 2.26. The number of ether oxygens (including phenoxy) is 3. The fourth-order valence-corrected chi connectivity index (χ4v) is 3.35. The highest BCUT2D eigenvalue weighted by Crippen LogP contribution is 2.34. The van der Waals surface area contributed by atoms with E-state index in [-0.39, 0.29) is 12.1 Å². The van der Waals surface area contributed by atoms with Crippen molar-refractivity contribution in [1.29, 1.82) is 0 Å². The van der Waals surface area contributed by atoms with Crippen LogP contribution in [0.4, 0.5) is 0 Å². The van der Waals surface area contributed by atoms with Gasteiger partial charge in [-0.1, -0.05) is 6.07 Å². The lowest BCUT2D eigenvalue weighted by Gasteiger charge is -2.30. The number of nitrogens with zero attached hydrogens (tertiary/aromatic N) is 1. The van der Waals surface area contributed by atoms with Crippen LogP contribution in [0, 0.1) is 0 Å². The maximum Gasteiger partial charge on any atom is 0.161 e. The lowest BCUT2D eigenvalue weighted by molar-refractivity contribution is 0.0577. The van der Waals surface area contributed by atoms with Crippen LogP contribution in [0.3, 0.4) is 0 Å². The van der Waals surface area contributed by atoms with Crippen molar-refractivity contribution in [2.45, 2.75) is 25.0 Å². The molecule has 3 rings (SSSR count). The summed E-state index contributed by atoms with van der Waals surface area (Å²) in [7, 11) is 3.78. The van der Waals surface area contributed by atoms with Crippen LogP contribution in [-0.2, 0) is 4.74 Å². The molecule has 2 atom stereocenters. The first-order chi connectivity index (χ1) is 10.8. The minimum Gasteiger partial charge on any atom is -0.486 e. The van der Waals surface area contributed by atoms with Gasteiger partial charge in [0.05, 0.1) is 6.10 Å². The topological polar surface area (TPSA) is 43.0 Å². The zero-order chi connectivity index (χ0) is 15.4. The zero-order valence-electron chi connectivity index (χ0n) is 13.5. The van der Waals surface area contributed by atoms with Gasteiger partial charge in [-0.15, -0.1) is 0 Å². The third-order valence-corrected chi connectivity index (χ3v) is 4.54. The van der Waals surface area contributed by atoms with E-state index in [4.69, 9.17) is 14.2 Å². The quantitative estimate of drug-likeness (QED) is 0.868. The van der Waals surface area contributed by atoms with Crippen LogP contribution in [0.25, 0.3) is 0 Å². The van der Waals surface area contributed by atoms with Crippen LogP contribution >= 0.6 is 0 Å². The van der Waals surface area contributed by atoms with Gasteiger partial charge in [0, 0.05) is 19.7 Å². The molecule has 2 heterocycles. The molecule has 0 bridgehead atoms. The molecule has 5 heteroatoms. The molecule has 0 radical (unpaired) electrons. The van der Waals surface area contributed by atoms with Crippen LogP contribution in [-0.4, -0.2) is 57.9 Å². The number of rotatable bonds is 6. The van der Waals surface area contributed by atoms with Crippen molar-refractivity contribution in [3.8, 4) is 11.5 Å². The number of nitrogens with one attached hydrogen (secondary N) is 1. The van der Waals surface area contributed by atoms with E-state index in [1.54, 1.807) is 7.11 Å². The van der Waals surface area contributed by atoms with Crippen molar-refractivity contribution < 1.29 is 14.2 Å². The van der Waals surface area contributed by atoms with Gasteiger partial charge in [0.15, 0.2) is 11.5 Å². The summed E-state index contributed by atoms with van der Waals surface area (Å²) >= 11 is 0. The van der Waals surface area contributed by atoms with Gasteiger partial charge in [-0.05, 0) is 50.7 Å². The maximum absolute atomic E-state index is 5.81. The fourth-order valence-electron chi connectivity index (χ4n) is 3.35. The Hall–Kier alpha value is -1.30.